The fourth-order valence-electron chi connectivity index (χ4n) is 2.62. The van der Waals surface area contributed by atoms with Gasteiger partial charge in [-0.25, -0.2) is 9.78 Å². The van der Waals surface area contributed by atoms with E-state index in [0.29, 0.717) is 21.9 Å². The Labute approximate surface area is 158 Å². The maximum atomic E-state index is 12.5. The Hall–Kier alpha value is -3.45. The number of aromatic nitrogens is 1. The Bertz CT molecular complexity index is 1180. The van der Waals surface area contributed by atoms with Crippen LogP contribution in [0.1, 0.15) is 10.4 Å². The van der Waals surface area contributed by atoms with Crippen molar-refractivity contribution in [2.24, 2.45) is 0 Å². The van der Waals surface area contributed by atoms with E-state index in [-0.39, 0.29) is 5.56 Å². The fourth-order valence-corrected chi connectivity index (χ4v) is 3.34. The number of nitrogens with one attached hydrogen (secondary N) is 1. The zero-order valence-electron chi connectivity index (χ0n) is 14.3. The molecule has 2 heterocycles. The van der Waals surface area contributed by atoms with Gasteiger partial charge < -0.3 is 9.15 Å². The number of methoxy groups -OCH3 is 1. The minimum Gasteiger partial charge on any atom is -0.497 e. The van der Waals surface area contributed by atoms with Crippen molar-refractivity contribution in [3.8, 4) is 17.0 Å². The molecule has 4 aromatic rings. The summed E-state index contributed by atoms with van der Waals surface area (Å²) < 4.78 is 10.4. The number of carbonyl (C=O) groups excluding carboxylic acids is 1. The van der Waals surface area contributed by atoms with E-state index < -0.39 is 11.5 Å². The van der Waals surface area contributed by atoms with Gasteiger partial charge in [0.05, 0.1) is 12.8 Å². The van der Waals surface area contributed by atoms with Gasteiger partial charge in [-0.15, -0.1) is 11.3 Å². The second-order valence-electron chi connectivity index (χ2n) is 5.71. The Morgan fingerprint density at radius 3 is 2.74 bits per heavy atom. The van der Waals surface area contributed by atoms with Gasteiger partial charge in [-0.1, -0.05) is 30.3 Å². The Morgan fingerprint density at radius 1 is 1.15 bits per heavy atom. The molecule has 0 aliphatic rings. The van der Waals surface area contributed by atoms with Crippen LogP contribution in [-0.4, -0.2) is 18.0 Å². The first kappa shape index (κ1) is 17.0. The second-order valence-corrected chi connectivity index (χ2v) is 6.57. The first-order valence-electron chi connectivity index (χ1n) is 8.08. The van der Waals surface area contributed by atoms with Crippen molar-refractivity contribution in [2.75, 3.05) is 12.4 Å². The number of hydrogen-bond acceptors (Lipinski definition) is 6. The van der Waals surface area contributed by atoms with Crippen molar-refractivity contribution in [2.45, 2.75) is 0 Å². The highest BCUT2D eigenvalue weighted by atomic mass is 32.1. The molecule has 0 saturated carbocycles. The number of nitrogens with zero attached hydrogens (tertiary/aromatic N) is 1. The normalized spacial score (nSPS) is 10.7. The van der Waals surface area contributed by atoms with Crippen LogP contribution in [0.5, 0.6) is 5.75 Å². The summed E-state index contributed by atoms with van der Waals surface area (Å²) in [4.78, 5) is 29.1. The lowest BCUT2D eigenvalue weighted by Crippen LogP contribution is -2.20. The highest BCUT2D eigenvalue weighted by molar-refractivity contribution is 7.14. The fraction of sp³-hybridized carbons (Fsp3) is 0.0500. The van der Waals surface area contributed by atoms with Gasteiger partial charge in [0.25, 0.3) is 5.91 Å². The molecule has 0 spiro atoms. The number of thiazole rings is 1. The van der Waals surface area contributed by atoms with Gasteiger partial charge in [0.1, 0.15) is 16.9 Å². The van der Waals surface area contributed by atoms with Gasteiger partial charge in [0.2, 0.25) is 0 Å². The van der Waals surface area contributed by atoms with Crippen LogP contribution in [0.3, 0.4) is 0 Å². The van der Waals surface area contributed by atoms with E-state index in [1.807, 2.05) is 35.7 Å². The van der Waals surface area contributed by atoms with E-state index in [1.165, 1.54) is 17.4 Å². The SMILES string of the molecule is COc1ccc2oc(=O)c(C(=O)Nc3nc(-c4ccccc4)cs3)cc2c1. The third-order valence-electron chi connectivity index (χ3n) is 3.98. The standard InChI is InChI=1S/C20H14N2O4S/c1-25-14-7-8-17-13(9-14)10-15(19(24)26-17)18(23)22-20-21-16(11-27-20)12-5-3-2-4-6-12/h2-11H,1H3,(H,21,22,23). The predicted octanol–water partition coefficient (Wildman–Crippen LogP) is 4.18. The zero-order valence-corrected chi connectivity index (χ0v) is 15.1. The highest BCUT2D eigenvalue weighted by Crippen LogP contribution is 2.25. The lowest BCUT2D eigenvalue weighted by Gasteiger charge is -2.04. The van der Waals surface area contributed by atoms with Crippen LogP contribution in [0.25, 0.3) is 22.2 Å². The van der Waals surface area contributed by atoms with Gasteiger partial charge in [-0.2, -0.15) is 0 Å². The van der Waals surface area contributed by atoms with Crippen LogP contribution >= 0.6 is 11.3 Å². The molecule has 1 amide bonds. The molecule has 4 rings (SSSR count). The summed E-state index contributed by atoms with van der Waals surface area (Å²) in [5.41, 5.74) is 1.30. The molecular weight excluding hydrogens is 364 g/mol. The van der Waals surface area contributed by atoms with Gasteiger partial charge in [0.15, 0.2) is 5.13 Å². The van der Waals surface area contributed by atoms with Crippen molar-refractivity contribution in [3.63, 3.8) is 0 Å². The summed E-state index contributed by atoms with van der Waals surface area (Å²) >= 11 is 1.29. The topological polar surface area (TPSA) is 81.4 Å². The Kier molecular flexibility index (Phi) is 4.43. The molecule has 0 radical (unpaired) electrons. The van der Waals surface area contributed by atoms with Crippen molar-refractivity contribution in [1.82, 2.24) is 4.98 Å². The van der Waals surface area contributed by atoms with Crippen LogP contribution in [0, 0.1) is 0 Å². The Morgan fingerprint density at radius 2 is 1.96 bits per heavy atom. The maximum absolute atomic E-state index is 12.5. The first-order valence-corrected chi connectivity index (χ1v) is 8.96. The van der Waals surface area contributed by atoms with E-state index >= 15 is 0 Å². The van der Waals surface area contributed by atoms with Crippen LogP contribution in [0.2, 0.25) is 0 Å². The van der Waals surface area contributed by atoms with E-state index in [9.17, 15) is 9.59 Å². The smallest absolute Gasteiger partial charge is 0.349 e. The number of hydrogen-bond donors (Lipinski definition) is 1. The molecule has 1 N–H and O–H groups in total. The zero-order chi connectivity index (χ0) is 18.8. The number of amides is 1. The van der Waals surface area contributed by atoms with Gasteiger partial charge >= 0.3 is 5.63 Å². The third kappa shape index (κ3) is 3.45. The minimum absolute atomic E-state index is 0.0905. The molecular formula is C20H14N2O4S. The maximum Gasteiger partial charge on any atom is 0.349 e. The summed E-state index contributed by atoms with van der Waals surface area (Å²) in [5, 5.41) is 5.51. The van der Waals surface area contributed by atoms with Crippen LogP contribution < -0.4 is 15.7 Å². The molecule has 0 aliphatic heterocycles. The van der Waals surface area contributed by atoms with Crippen molar-refractivity contribution < 1.29 is 13.9 Å². The monoisotopic (exact) mass is 378 g/mol. The summed E-state index contributed by atoms with van der Waals surface area (Å²) in [7, 11) is 1.54. The molecule has 0 bridgehead atoms. The second kappa shape index (κ2) is 7.05. The van der Waals surface area contributed by atoms with E-state index in [4.69, 9.17) is 9.15 Å². The van der Waals surface area contributed by atoms with Crippen LogP contribution in [-0.2, 0) is 0 Å². The summed E-state index contributed by atoms with van der Waals surface area (Å²) in [6, 6.07) is 16.1. The molecule has 2 aromatic carbocycles. The molecule has 0 aliphatic carbocycles. The summed E-state index contributed by atoms with van der Waals surface area (Å²) in [6.45, 7) is 0. The molecule has 0 fully saturated rings. The molecule has 0 unspecified atom stereocenters. The van der Waals surface area contributed by atoms with Crippen LogP contribution in [0.15, 0.2) is 69.2 Å². The molecule has 0 atom stereocenters. The lowest BCUT2D eigenvalue weighted by atomic mass is 10.1. The van der Waals surface area contributed by atoms with E-state index in [0.717, 1.165) is 11.3 Å². The molecule has 7 heteroatoms. The average molecular weight is 378 g/mol. The third-order valence-corrected chi connectivity index (χ3v) is 4.74. The van der Waals surface area contributed by atoms with Crippen molar-refractivity contribution >= 4 is 33.3 Å². The number of anilines is 1. The molecule has 2 aromatic heterocycles. The number of fused-ring (bicyclic) bond motifs is 1. The number of carbonyl (C=O) groups is 1. The minimum atomic E-state index is -0.704. The average Bonchev–Trinajstić information content (AvgIpc) is 3.16. The predicted molar refractivity (Wildman–Crippen MR) is 105 cm³/mol. The molecule has 134 valence electrons. The van der Waals surface area contributed by atoms with Gasteiger partial charge in [-0.05, 0) is 24.3 Å². The van der Waals surface area contributed by atoms with Gasteiger partial charge in [0, 0.05) is 16.3 Å². The molecule has 0 saturated heterocycles. The van der Waals surface area contributed by atoms with Crippen molar-refractivity contribution in [1.29, 1.82) is 0 Å². The van der Waals surface area contributed by atoms with Crippen LogP contribution in [0.4, 0.5) is 5.13 Å². The molecule has 6 nitrogen and oxygen atoms in total. The van der Waals surface area contributed by atoms with Gasteiger partial charge in [-0.3, -0.25) is 10.1 Å². The number of benzene rings is 2. The Balaban J connectivity index is 1.62. The number of rotatable bonds is 4. The first-order chi connectivity index (χ1) is 13.1. The van der Waals surface area contributed by atoms with Crippen molar-refractivity contribution in [3.05, 3.63) is 76.0 Å². The number of ether oxygens (including phenoxy) is 1. The van der Waals surface area contributed by atoms with E-state index in [1.54, 1.807) is 25.3 Å². The largest absolute Gasteiger partial charge is 0.497 e. The lowest BCUT2D eigenvalue weighted by molar-refractivity contribution is 0.102. The molecule has 27 heavy (non-hydrogen) atoms. The highest BCUT2D eigenvalue weighted by Gasteiger charge is 2.16. The van der Waals surface area contributed by atoms with E-state index in [2.05, 4.69) is 10.3 Å². The quantitative estimate of drug-likeness (QED) is 0.539. The summed E-state index contributed by atoms with van der Waals surface area (Å²) in [5.74, 6) is 0.0394. The summed E-state index contributed by atoms with van der Waals surface area (Å²) in [6.07, 6.45) is 0.